The van der Waals surface area contributed by atoms with Gasteiger partial charge in [0.05, 0.1) is 22.8 Å². The predicted octanol–water partition coefficient (Wildman–Crippen LogP) is 3.37. The highest BCUT2D eigenvalue weighted by molar-refractivity contribution is 7.09. The van der Waals surface area contributed by atoms with Gasteiger partial charge in [0.15, 0.2) is 5.69 Å². The molecule has 8 nitrogen and oxygen atoms in total. The quantitative estimate of drug-likeness (QED) is 0.354. The molecule has 1 amide bonds. The molecule has 9 heteroatoms. The van der Waals surface area contributed by atoms with E-state index in [0.717, 1.165) is 4.88 Å². The van der Waals surface area contributed by atoms with Crippen LogP contribution < -0.4 is 0 Å². The zero-order valence-corrected chi connectivity index (χ0v) is 15.4. The topological polar surface area (TPSA) is 94.2 Å². The summed E-state index contributed by atoms with van der Waals surface area (Å²) in [7, 11) is 0. The summed E-state index contributed by atoms with van der Waals surface area (Å²) >= 11 is 1.57. The van der Waals surface area contributed by atoms with Gasteiger partial charge in [0, 0.05) is 23.6 Å². The first kappa shape index (κ1) is 18.5. The molecule has 0 atom stereocenters. The first-order chi connectivity index (χ1) is 13.0. The highest BCUT2D eigenvalue weighted by atomic mass is 32.1. The van der Waals surface area contributed by atoms with Crippen molar-refractivity contribution >= 4 is 22.9 Å². The summed E-state index contributed by atoms with van der Waals surface area (Å²) in [5.74, 6) is -0.266. The Labute approximate surface area is 159 Å². The van der Waals surface area contributed by atoms with Gasteiger partial charge < -0.3 is 4.90 Å². The average molecular weight is 383 g/mol. The molecule has 0 unspecified atom stereocenters. The maximum atomic E-state index is 13.0. The van der Waals surface area contributed by atoms with Crippen LogP contribution in [0.5, 0.6) is 0 Å². The molecule has 0 aliphatic heterocycles. The molecule has 0 spiro atoms. The van der Waals surface area contributed by atoms with Gasteiger partial charge in [-0.05, 0) is 24.4 Å². The smallest absolute Gasteiger partial charge is 0.276 e. The van der Waals surface area contributed by atoms with E-state index in [1.54, 1.807) is 41.4 Å². The van der Waals surface area contributed by atoms with E-state index in [0.29, 0.717) is 24.5 Å². The van der Waals surface area contributed by atoms with Crippen LogP contribution in [0.1, 0.15) is 21.1 Å². The Morgan fingerprint density at radius 3 is 2.89 bits per heavy atom. The van der Waals surface area contributed by atoms with Crippen molar-refractivity contribution in [1.29, 1.82) is 0 Å². The highest BCUT2D eigenvalue weighted by Crippen LogP contribution is 2.20. The second-order valence-corrected chi connectivity index (χ2v) is 6.80. The first-order valence-corrected chi connectivity index (χ1v) is 8.99. The standard InChI is InChI=1S/C18H17N5O3S/c1-3-9-21(12-16-8-5-10-27-16)18(24)17-13(2)22(20-19-17)14-6-4-7-15(11-14)23(25)26/h3-8,10-11H,1,9,12H2,2H3. The van der Waals surface area contributed by atoms with Gasteiger partial charge in [-0.15, -0.1) is 23.0 Å². The van der Waals surface area contributed by atoms with Crippen molar-refractivity contribution in [3.8, 4) is 5.69 Å². The van der Waals surface area contributed by atoms with E-state index in [9.17, 15) is 14.9 Å². The third-order valence-electron chi connectivity index (χ3n) is 3.95. The Morgan fingerprint density at radius 1 is 1.41 bits per heavy atom. The lowest BCUT2D eigenvalue weighted by Gasteiger charge is -2.19. The molecule has 0 bridgehead atoms. The molecule has 0 N–H and O–H groups in total. The molecule has 0 saturated carbocycles. The van der Waals surface area contributed by atoms with Crippen molar-refractivity contribution in [1.82, 2.24) is 19.9 Å². The van der Waals surface area contributed by atoms with Crippen LogP contribution in [0, 0.1) is 17.0 Å². The summed E-state index contributed by atoms with van der Waals surface area (Å²) in [6.45, 7) is 6.25. The van der Waals surface area contributed by atoms with Crippen molar-refractivity contribution in [3.05, 3.63) is 80.8 Å². The van der Waals surface area contributed by atoms with Crippen LogP contribution in [-0.4, -0.2) is 37.3 Å². The number of thiophene rings is 1. The zero-order valence-electron chi connectivity index (χ0n) is 14.6. The SMILES string of the molecule is C=CCN(Cc1cccs1)C(=O)c1nnn(-c2cccc([N+](=O)[O-])c2)c1C. The fourth-order valence-corrected chi connectivity index (χ4v) is 3.35. The Balaban J connectivity index is 1.91. The summed E-state index contributed by atoms with van der Waals surface area (Å²) in [4.78, 5) is 26.2. The van der Waals surface area contributed by atoms with Crippen LogP contribution in [0.15, 0.2) is 54.4 Å². The summed E-state index contributed by atoms with van der Waals surface area (Å²) in [6.07, 6.45) is 1.66. The van der Waals surface area contributed by atoms with E-state index in [4.69, 9.17) is 0 Å². The molecule has 2 aromatic heterocycles. The molecule has 27 heavy (non-hydrogen) atoms. The lowest BCUT2D eigenvalue weighted by atomic mass is 10.2. The van der Waals surface area contributed by atoms with Gasteiger partial charge in [0.25, 0.3) is 11.6 Å². The van der Waals surface area contributed by atoms with E-state index in [2.05, 4.69) is 16.9 Å². The fraction of sp³-hybridized carbons (Fsp3) is 0.167. The molecule has 0 radical (unpaired) electrons. The molecule has 0 fully saturated rings. The summed E-state index contributed by atoms with van der Waals surface area (Å²) in [6, 6.07) is 9.92. The van der Waals surface area contributed by atoms with Gasteiger partial charge in [0.2, 0.25) is 0 Å². The van der Waals surface area contributed by atoms with Crippen molar-refractivity contribution in [3.63, 3.8) is 0 Å². The van der Waals surface area contributed by atoms with Gasteiger partial charge >= 0.3 is 0 Å². The second kappa shape index (κ2) is 7.92. The Kier molecular flexibility index (Phi) is 5.41. The normalized spacial score (nSPS) is 10.6. The number of carbonyl (C=O) groups is 1. The Hall–Kier alpha value is -3.33. The van der Waals surface area contributed by atoms with Crippen molar-refractivity contribution < 1.29 is 9.72 Å². The number of nitro benzene ring substituents is 1. The van der Waals surface area contributed by atoms with Gasteiger partial charge in [-0.3, -0.25) is 14.9 Å². The number of amides is 1. The molecular weight excluding hydrogens is 366 g/mol. The summed E-state index contributed by atoms with van der Waals surface area (Å²) in [5.41, 5.74) is 1.14. The number of rotatable bonds is 7. The number of hydrogen-bond acceptors (Lipinski definition) is 6. The molecule has 0 aliphatic rings. The van der Waals surface area contributed by atoms with Crippen LogP contribution in [0.4, 0.5) is 5.69 Å². The molecule has 3 aromatic rings. The van der Waals surface area contributed by atoms with Gasteiger partial charge in [-0.25, -0.2) is 4.68 Å². The second-order valence-electron chi connectivity index (χ2n) is 5.77. The van der Waals surface area contributed by atoms with Crippen molar-refractivity contribution in [2.45, 2.75) is 13.5 Å². The number of hydrogen-bond donors (Lipinski definition) is 0. The van der Waals surface area contributed by atoms with Crippen LogP contribution >= 0.6 is 11.3 Å². The van der Waals surface area contributed by atoms with Gasteiger partial charge in [-0.1, -0.05) is 23.4 Å². The zero-order chi connectivity index (χ0) is 19.4. The van der Waals surface area contributed by atoms with Crippen LogP contribution in [0.2, 0.25) is 0 Å². The van der Waals surface area contributed by atoms with Gasteiger partial charge in [0.1, 0.15) is 0 Å². The minimum absolute atomic E-state index is 0.0544. The van der Waals surface area contributed by atoms with Crippen LogP contribution in [-0.2, 0) is 6.54 Å². The lowest BCUT2D eigenvalue weighted by molar-refractivity contribution is -0.384. The molecular formula is C18H17N5O3S. The number of nitrogens with zero attached hydrogens (tertiary/aromatic N) is 5. The van der Waals surface area contributed by atoms with E-state index in [1.807, 2.05) is 17.5 Å². The average Bonchev–Trinajstić information content (AvgIpc) is 3.30. The van der Waals surface area contributed by atoms with Gasteiger partial charge in [-0.2, -0.15) is 0 Å². The number of aromatic nitrogens is 3. The number of benzene rings is 1. The van der Waals surface area contributed by atoms with E-state index in [-0.39, 0.29) is 17.3 Å². The van der Waals surface area contributed by atoms with Crippen molar-refractivity contribution in [2.24, 2.45) is 0 Å². The minimum Gasteiger partial charge on any atom is -0.328 e. The Bertz CT molecular complexity index is 981. The first-order valence-electron chi connectivity index (χ1n) is 8.11. The predicted molar refractivity (Wildman–Crippen MR) is 102 cm³/mol. The third kappa shape index (κ3) is 3.93. The maximum absolute atomic E-state index is 13.0. The van der Waals surface area contributed by atoms with Crippen LogP contribution in [0.3, 0.4) is 0 Å². The fourth-order valence-electron chi connectivity index (χ4n) is 2.63. The number of carbonyl (C=O) groups excluding carboxylic acids is 1. The lowest BCUT2D eigenvalue weighted by Crippen LogP contribution is -2.31. The molecule has 0 aliphatic carbocycles. The van der Waals surface area contributed by atoms with E-state index in [1.165, 1.54) is 16.8 Å². The number of non-ortho nitro benzene ring substituents is 1. The molecule has 3 rings (SSSR count). The summed E-state index contributed by atoms with van der Waals surface area (Å²) in [5, 5.41) is 21.0. The van der Waals surface area contributed by atoms with Crippen LogP contribution in [0.25, 0.3) is 5.69 Å². The van der Waals surface area contributed by atoms with E-state index < -0.39 is 4.92 Å². The molecule has 1 aromatic carbocycles. The Morgan fingerprint density at radius 2 is 2.22 bits per heavy atom. The third-order valence-corrected chi connectivity index (χ3v) is 4.81. The summed E-state index contributed by atoms with van der Waals surface area (Å²) < 4.78 is 1.43. The largest absolute Gasteiger partial charge is 0.328 e. The van der Waals surface area contributed by atoms with E-state index >= 15 is 0 Å². The molecule has 2 heterocycles. The van der Waals surface area contributed by atoms with Crippen molar-refractivity contribution in [2.75, 3.05) is 6.54 Å². The minimum atomic E-state index is -0.478. The monoisotopic (exact) mass is 383 g/mol. The maximum Gasteiger partial charge on any atom is 0.276 e. The highest BCUT2D eigenvalue weighted by Gasteiger charge is 2.23. The molecule has 0 saturated heterocycles. The molecule has 138 valence electrons. The number of nitro groups is 1.